The van der Waals surface area contributed by atoms with Gasteiger partial charge in [0.2, 0.25) is 0 Å². The van der Waals surface area contributed by atoms with Crippen molar-refractivity contribution in [3.63, 3.8) is 0 Å². The number of amides is 1. The molecule has 5 heteroatoms. The van der Waals surface area contributed by atoms with Crippen LogP contribution in [0.25, 0.3) is 33.4 Å². The van der Waals surface area contributed by atoms with Crippen molar-refractivity contribution in [2.75, 3.05) is 6.54 Å². The van der Waals surface area contributed by atoms with Gasteiger partial charge in [-0.3, -0.25) is 4.79 Å². The maximum Gasteiger partial charge on any atom is 0.261 e. The number of H-pyrrole nitrogens is 1. The number of para-hydroxylation sites is 1. The number of nitriles is 1. The molecule has 172 valence electrons. The van der Waals surface area contributed by atoms with E-state index >= 15 is 0 Å². The zero-order valence-electron chi connectivity index (χ0n) is 19.8. The van der Waals surface area contributed by atoms with Crippen molar-refractivity contribution in [2.24, 2.45) is 0 Å². The number of fused-ring (bicyclic) bond motifs is 2. The quantitative estimate of drug-likeness (QED) is 0.242. The van der Waals surface area contributed by atoms with Crippen LogP contribution in [-0.4, -0.2) is 22.0 Å². The number of rotatable bonds is 6. The Labute approximate surface area is 204 Å². The molecule has 3 aromatic carbocycles. The Morgan fingerprint density at radius 3 is 2.60 bits per heavy atom. The van der Waals surface area contributed by atoms with Crippen molar-refractivity contribution in [3.05, 3.63) is 107 Å². The predicted octanol–water partition coefficient (Wildman–Crippen LogP) is 5.99. The van der Waals surface area contributed by atoms with Crippen LogP contribution in [0.5, 0.6) is 0 Å². The van der Waals surface area contributed by atoms with Crippen LogP contribution in [0.3, 0.4) is 0 Å². The number of nitrogens with zero attached hydrogens (tertiary/aromatic N) is 2. The highest BCUT2D eigenvalue weighted by Crippen LogP contribution is 2.28. The molecule has 0 unspecified atom stereocenters. The molecule has 5 aromatic rings. The third-order valence-electron chi connectivity index (χ3n) is 6.50. The van der Waals surface area contributed by atoms with E-state index in [1.807, 2.05) is 62.5 Å². The van der Waals surface area contributed by atoms with Gasteiger partial charge < -0.3 is 14.9 Å². The molecule has 5 rings (SSSR count). The summed E-state index contributed by atoms with van der Waals surface area (Å²) in [6, 6.07) is 26.7. The topological polar surface area (TPSA) is 73.6 Å². The molecule has 0 aliphatic heterocycles. The fourth-order valence-corrected chi connectivity index (χ4v) is 4.76. The zero-order chi connectivity index (χ0) is 24.4. The number of aryl methyl sites for hydroxylation is 1. The molecule has 1 amide bonds. The lowest BCUT2D eigenvalue weighted by Gasteiger charge is -2.13. The second kappa shape index (κ2) is 9.36. The van der Waals surface area contributed by atoms with E-state index in [4.69, 9.17) is 0 Å². The Hall–Kier alpha value is -4.56. The first kappa shape index (κ1) is 22.2. The van der Waals surface area contributed by atoms with Crippen molar-refractivity contribution in [2.45, 2.75) is 20.3 Å². The lowest BCUT2D eigenvalue weighted by atomic mass is 10.1. The molecule has 0 atom stereocenters. The summed E-state index contributed by atoms with van der Waals surface area (Å²) in [6.07, 6.45) is 4.34. The number of aromatic nitrogens is 2. The Morgan fingerprint density at radius 1 is 1.03 bits per heavy atom. The van der Waals surface area contributed by atoms with Gasteiger partial charge in [0.25, 0.3) is 5.91 Å². The number of nitrogens with one attached hydrogen (secondary N) is 2. The first-order valence-electron chi connectivity index (χ1n) is 11.7. The third-order valence-corrected chi connectivity index (χ3v) is 6.50. The molecule has 0 aliphatic rings. The Kier molecular flexibility index (Phi) is 5.95. The monoisotopic (exact) mass is 458 g/mol. The highest BCUT2D eigenvalue weighted by Gasteiger charge is 2.15. The van der Waals surface area contributed by atoms with Crippen LogP contribution >= 0.6 is 0 Å². The van der Waals surface area contributed by atoms with E-state index in [2.05, 4.69) is 51.3 Å². The van der Waals surface area contributed by atoms with Gasteiger partial charge in [-0.2, -0.15) is 5.26 Å². The maximum absolute atomic E-state index is 12.8. The van der Waals surface area contributed by atoms with E-state index in [0.29, 0.717) is 13.0 Å². The molecular formula is C30H26N4O. The second-order valence-corrected chi connectivity index (χ2v) is 8.70. The summed E-state index contributed by atoms with van der Waals surface area (Å²) < 4.78 is 2.18. The molecule has 0 fully saturated rings. The highest BCUT2D eigenvalue weighted by molar-refractivity contribution is 6.02. The first-order chi connectivity index (χ1) is 17.1. The molecule has 0 radical (unpaired) electrons. The number of carbonyl (C=O) groups excluding carboxylic acids is 1. The standard InChI is InChI=1S/C30H26N4O/c1-20-16-24(21(2)34(20)29-13-7-9-22-8-3-4-11-27(22)29)17-25(18-31)30(35)32-15-14-23-19-33-28-12-6-5-10-26(23)28/h3-13,16-17,19,33H,14-15H2,1-2H3,(H,32,35)/b25-17-. The van der Waals surface area contributed by atoms with Crippen LogP contribution in [0, 0.1) is 25.2 Å². The fourth-order valence-electron chi connectivity index (χ4n) is 4.76. The van der Waals surface area contributed by atoms with Crippen molar-refractivity contribution in [1.29, 1.82) is 5.26 Å². The summed E-state index contributed by atoms with van der Waals surface area (Å²) >= 11 is 0. The van der Waals surface area contributed by atoms with Gasteiger partial charge in [0.15, 0.2) is 0 Å². The molecule has 0 spiro atoms. The summed E-state index contributed by atoms with van der Waals surface area (Å²) in [4.78, 5) is 16.1. The molecule has 0 saturated heterocycles. The van der Waals surface area contributed by atoms with Crippen LogP contribution in [0.1, 0.15) is 22.5 Å². The van der Waals surface area contributed by atoms with Gasteiger partial charge in [-0.25, -0.2) is 0 Å². The molecule has 2 heterocycles. The van der Waals surface area contributed by atoms with Gasteiger partial charge in [-0.05, 0) is 61.1 Å². The lowest BCUT2D eigenvalue weighted by Crippen LogP contribution is -2.26. The van der Waals surface area contributed by atoms with Gasteiger partial charge in [-0.1, -0.05) is 54.6 Å². The molecule has 5 nitrogen and oxygen atoms in total. The van der Waals surface area contributed by atoms with Gasteiger partial charge in [0.1, 0.15) is 11.6 Å². The van der Waals surface area contributed by atoms with Gasteiger partial charge >= 0.3 is 0 Å². The van der Waals surface area contributed by atoms with Gasteiger partial charge in [-0.15, -0.1) is 0 Å². The third kappa shape index (κ3) is 4.22. The number of benzene rings is 3. The van der Waals surface area contributed by atoms with Crippen LogP contribution < -0.4 is 5.32 Å². The fraction of sp³-hybridized carbons (Fsp3) is 0.133. The van der Waals surface area contributed by atoms with Crippen molar-refractivity contribution < 1.29 is 4.79 Å². The molecule has 0 bridgehead atoms. The van der Waals surface area contributed by atoms with E-state index in [9.17, 15) is 10.1 Å². The maximum atomic E-state index is 12.8. The van der Waals surface area contributed by atoms with Crippen molar-refractivity contribution >= 4 is 33.7 Å². The normalized spacial score (nSPS) is 11.6. The zero-order valence-corrected chi connectivity index (χ0v) is 19.8. The van der Waals surface area contributed by atoms with Crippen molar-refractivity contribution in [3.8, 4) is 11.8 Å². The van der Waals surface area contributed by atoms with Crippen LogP contribution in [-0.2, 0) is 11.2 Å². The molecule has 35 heavy (non-hydrogen) atoms. The lowest BCUT2D eigenvalue weighted by molar-refractivity contribution is -0.117. The minimum absolute atomic E-state index is 0.0992. The summed E-state index contributed by atoms with van der Waals surface area (Å²) in [5, 5.41) is 16.1. The first-order valence-corrected chi connectivity index (χ1v) is 11.7. The SMILES string of the molecule is Cc1cc(/C=C(/C#N)C(=O)NCCc2c[nH]c3ccccc23)c(C)n1-c1cccc2ccccc12. The summed E-state index contributed by atoms with van der Waals surface area (Å²) in [5.74, 6) is -0.359. The van der Waals surface area contributed by atoms with Crippen LogP contribution in [0.15, 0.2) is 84.6 Å². The van der Waals surface area contributed by atoms with Gasteiger partial charge in [0.05, 0.1) is 5.69 Å². The molecule has 2 N–H and O–H groups in total. The molecule has 2 aromatic heterocycles. The second-order valence-electron chi connectivity index (χ2n) is 8.70. The summed E-state index contributed by atoms with van der Waals surface area (Å²) in [7, 11) is 0. The van der Waals surface area contributed by atoms with E-state index in [1.165, 1.54) is 5.39 Å². The smallest absolute Gasteiger partial charge is 0.261 e. The van der Waals surface area contributed by atoms with E-state index in [0.717, 1.165) is 44.5 Å². The Balaban J connectivity index is 1.37. The van der Waals surface area contributed by atoms with E-state index in [1.54, 1.807) is 6.08 Å². The largest absolute Gasteiger partial charge is 0.361 e. The summed E-state index contributed by atoms with van der Waals surface area (Å²) in [6.45, 7) is 4.51. The number of hydrogen-bond donors (Lipinski definition) is 2. The van der Waals surface area contributed by atoms with Crippen LogP contribution in [0.2, 0.25) is 0 Å². The van der Waals surface area contributed by atoms with Crippen LogP contribution in [0.4, 0.5) is 0 Å². The van der Waals surface area contributed by atoms with Gasteiger partial charge in [0, 0.05) is 40.4 Å². The highest BCUT2D eigenvalue weighted by atomic mass is 16.1. The Morgan fingerprint density at radius 2 is 1.77 bits per heavy atom. The Bertz CT molecular complexity index is 1620. The number of hydrogen-bond acceptors (Lipinski definition) is 2. The average molecular weight is 459 g/mol. The van der Waals surface area contributed by atoms with E-state index in [-0.39, 0.29) is 11.5 Å². The average Bonchev–Trinajstić information content (AvgIpc) is 3.41. The molecular weight excluding hydrogens is 432 g/mol. The molecule has 0 saturated carbocycles. The number of aromatic amines is 1. The summed E-state index contributed by atoms with van der Waals surface area (Å²) in [5.41, 5.74) is 6.29. The van der Waals surface area contributed by atoms with E-state index < -0.39 is 0 Å². The predicted molar refractivity (Wildman–Crippen MR) is 141 cm³/mol. The number of carbonyl (C=O) groups is 1. The minimum Gasteiger partial charge on any atom is -0.361 e. The minimum atomic E-state index is -0.359. The molecule has 0 aliphatic carbocycles. The van der Waals surface area contributed by atoms with Crippen molar-refractivity contribution in [1.82, 2.24) is 14.9 Å².